The van der Waals surface area contributed by atoms with Crippen molar-refractivity contribution >= 4 is 15.9 Å². The van der Waals surface area contributed by atoms with Crippen molar-refractivity contribution in [2.45, 2.75) is 19.6 Å². The van der Waals surface area contributed by atoms with E-state index in [0.29, 0.717) is 6.61 Å². The fourth-order valence-corrected chi connectivity index (χ4v) is 1.96. The van der Waals surface area contributed by atoms with Crippen LogP contribution in [0.1, 0.15) is 12.5 Å². The molecule has 16 heavy (non-hydrogen) atoms. The highest BCUT2D eigenvalue weighted by Crippen LogP contribution is 2.26. The summed E-state index contributed by atoms with van der Waals surface area (Å²) in [5, 5.41) is 3.11. The number of rotatable bonds is 6. The zero-order chi connectivity index (χ0) is 12.0. The first kappa shape index (κ1) is 13.5. The predicted octanol–water partition coefficient (Wildman–Crippen LogP) is 2.58. The van der Waals surface area contributed by atoms with Gasteiger partial charge in [-0.05, 0) is 47.6 Å². The van der Waals surface area contributed by atoms with Crippen LogP contribution in [-0.4, -0.2) is 26.9 Å². The van der Waals surface area contributed by atoms with Crippen molar-refractivity contribution in [1.82, 2.24) is 5.32 Å². The molecule has 1 unspecified atom stereocenters. The molecular weight excluding hydrogens is 270 g/mol. The summed E-state index contributed by atoms with van der Waals surface area (Å²) in [5.41, 5.74) is 1.22. The highest BCUT2D eigenvalue weighted by Gasteiger charge is 2.07. The lowest BCUT2D eigenvalue weighted by molar-refractivity contribution is 0.0916. The summed E-state index contributed by atoms with van der Waals surface area (Å²) in [5.74, 6) is 0.851. The molecule has 0 saturated heterocycles. The summed E-state index contributed by atoms with van der Waals surface area (Å²) in [4.78, 5) is 0. The third-order valence-electron chi connectivity index (χ3n) is 2.11. The van der Waals surface area contributed by atoms with E-state index in [1.807, 2.05) is 20.0 Å². The van der Waals surface area contributed by atoms with E-state index in [-0.39, 0.29) is 6.10 Å². The fourth-order valence-electron chi connectivity index (χ4n) is 1.44. The van der Waals surface area contributed by atoms with Crippen molar-refractivity contribution in [3.8, 4) is 5.75 Å². The quantitative estimate of drug-likeness (QED) is 0.872. The molecule has 0 fully saturated rings. The minimum absolute atomic E-state index is 0.0523. The Morgan fingerprint density at radius 2 is 2.19 bits per heavy atom. The van der Waals surface area contributed by atoms with Crippen LogP contribution in [0.2, 0.25) is 0 Å². The summed E-state index contributed by atoms with van der Waals surface area (Å²) >= 11 is 3.50. The minimum Gasteiger partial charge on any atom is -0.487 e. The molecule has 0 radical (unpaired) electrons. The molecule has 0 aliphatic heterocycles. The van der Waals surface area contributed by atoms with Crippen LogP contribution >= 0.6 is 15.9 Å². The Morgan fingerprint density at radius 3 is 2.75 bits per heavy atom. The lowest BCUT2D eigenvalue weighted by Crippen LogP contribution is -2.18. The van der Waals surface area contributed by atoms with Gasteiger partial charge in [-0.3, -0.25) is 0 Å². The number of nitrogens with one attached hydrogen (secondary N) is 1. The molecule has 0 amide bonds. The summed E-state index contributed by atoms with van der Waals surface area (Å²) in [7, 11) is 3.60. The van der Waals surface area contributed by atoms with Crippen LogP contribution in [0.3, 0.4) is 0 Å². The van der Waals surface area contributed by atoms with Crippen molar-refractivity contribution in [3.63, 3.8) is 0 Å². The second kappa shape index (κ2) is 6.89. The van der Waals surface area contributed by atoms with Gasteiger partial charge in [0.05, 0.1) is 11.1 Å². The van der Waals surface area contributed by atoms with E-state index in [4.69, 9.17) is 9.47 Å². The van der Waals surface area contributed by atoms with Crippen LogP contribution in [0.25, 0.3) is 0 Å². The van der Waals surface area contributed by atoms with Crippen molar-refractivity contribution in [2.75, 3.05) is 20.8 Å². The molecule has 0 aliphatic rings. The maximum absolute atomic E-state index is 5.73. The van der Waals surface area contributed by atoms with Crippen LogP contribution in [0, 0.1) is 0 Å². The Labute approximate surface area is 105 Å². The summed E-state index contributed by atoms with van der Waals surface area (Å²) < 4.78 is 11.7. The lowest BCUT2D eigenvalue weighted by atomic mass is 10.2. The summed E-state index contributed by atoms with van der Waals surface area (Å²) in [6, 6.07) is 6.09. The van der Waals surface area contributed by atoms with Crippen LogP contribution in [-0.2, 0) is 11.3 Å². The average molecular weight is 288 g/mol. The van der Waals surface area contributed by atoms with Gasteiger partial charge < -0.3 is 14.8 Å². The first-order chi connectivity index (χ1) is 7.67. The van der Waals surface area contributed by atoms with Crippen LogP contribution in [0.15, 0.2) is 22.7 Å². The molecule has 1 N–H and O–H groups in total. The summed E-state index contributed by atoms with van der Waals surface area (Å²) in [6.45, 7) is 3.43. The first-order valence-corrected chi connectivity index (χ1v) is 6.05. The summed E-state index contributed by atoms with van der Waals surface area (Å²) in [6.07, 6.45) is 0.0523. The van der Waals surface area contributed by atoms with Crippen molar-refractivity contribution < 1.29 is 9.47 Å². The van der Waals surface area contributed by atoms with Gasteiger partial charge in [-0.15, -0.1) is 0 Å². The van der Waals surface area contributed by atoms with Gasteiger partial charge in [-0.25, -0.2) is 0 Å². The van der Waals surface area contributed by atoms with E-state index in [1.165, 1.54) is 5.56 Å². The first-order valence-electron chi connectivity index (χ1n) is 5.26. The molecule has 1 rings (SSSR count). The molecule has 1 aromatic rings. The number of hydrogen-bond donors (Lipinski definition) is 1. The standard InChI is InChI=1S/C12H18BrNO2/c1-9(8-15-3)16-12-5-4-10(7-14-2)6-11(12)13/h4-6,9,14H,7-8H2,1-3H3. The highest BCUT2D eigenvalue weighted by molar-refractivity contribution is 9.10. The Kier molecular flexibility index (Phi) is 5.80. The average Bonchev–Trinajstić information content (AvgIpc) is 2.23. The van der Waals surface area contributed by atoms with Crippen LogP contribution in [0.5, 0.6) is 5.75 Å². The third kappa shape index (κ3) is 4.12. The van der Waals surface area contributed by atoms with Gasteiger partial charge in [0.15, 0.2) is 0 Å². The normalized spacial score (nSPS) is 12.5. The van der Waals surface area contributed by atoms with Gasteiger partial charge in [0, 0.05) is 13.7 Å². The van der Waals surface area contributed by atoms with Gasteiger partial charge in [0.2, 0.25) is 0 Å². The number of methoxy groups -OCH3 is 1. The molecule has 0 bridgehead atoms. The Hall–Kier alpha value is -0.580. The molecule has 0 spiro atoms. The number of hydrogen-bond acceptors (Lipinski definition) is 3. The van der Waals surface area contributed by atoms with Gasteiger partial charge in [0.1, 0.15) is 11.9 Å². The smallest absolute Gasteiger partial charge is 0.134 e. The maximum Gasteiger partial charge on any atom is 0.134 e. The van der Waals surface area contributed by atoms with E-state index in [9.17, 15) is 0 Å². The zero-order valence-corrected chi connectivity index (χ0v) is 11.5. The van der Waals surface area contributed by atoms with E-state index in [1.54, 1.807) is 7.11 Å². The molecule has 1 atom stereocenters. The minimum atomic E-state index is 0.0523. The molecular formula is C12H18BrNO2. The van der Waals surface area contributed by atoms with E-state index < -0.39 is 0 Å². The fraction of sp³-hybridized carbons (Fsp3) is 0.500. The number of benzene rings is 1. The number of ether oxygens (including phenoxy) is 2. The van der Waals surface area contributed by atoms with E-state index in [0.717, 1.165) is 16.8 Å². The van der Waals surface area contributed by atoms with Gasteiger partial charge in [0.25, 0.3) is 0 Å². The lowest BCUT2D eigenvalue weighted by Gasteiger charge is -2.15. The van der Waals surface area contributed by atoms with Gasteiger partial charge >= 0.3 is 0 Å². The monoisotopic (exact) mass is 287 g/mol. The molecule has 0 heterocycles. The number of halogens is 1. The van der Waals surface area contributed by atoms with Gasteiger partial charge in [-0.1, -0.05) is 6.07 Å². The van der Waals surface area contributed by atoms with E-state index in [2.05, 4.69) is 33.4 Å². The second-order valence-corrected chi connectivity index (χ2v) is 4.53. The van der Waals surface area contributed by atoms with Crippen molar-refractivity contribution in [3.05, 3.63) is 28.2 Å². The maximum atomic E-state index is 5.73. The molecule has 1 aromatic carbocycles. The van der Waals surface area contributed by atoms with Crippen LogP contribution < -0.4 is 10.1 Å². The zero-order valence-electron chi connectivity index (χ0n) is 9.92. The predicted molar refractivity (Wildman–Crippen MR) is 68.9 cm³/mol. The largest absolute Gasteiger partial charge is 0.487 e. The SMILES string of the molecule is CNCc1ccc(OC(C)COC)c(Br)c1. The molecule has 4 heteroatoms. The Morgan fingerprint density at radius 1 is 1.44 bits per heavy atom. The molecule has 0 aliphatic carbocycles. The topological polar surface area (TPSA) is 30.5 Å². The highest BCUT2D eigenvalue weighted by atomic mass is 79.9. The van der Waals surface area contributed by atoms with Gasteiger partial charge in [-0.2, -0.15) is 0 Å². The Balaban J connectivity index is 2.67. The Bertz CT molecular complexity index is 331. The molecule has 0 aromatic heterocycles. The third-order valence-corrected chi connectivity index (χ3v) is 2.73. The second-order valence-electron chi connectivity index (χ2n) is 3.68. The molecule has 0 saturated carbocycles. The van der Waals surface area contributed by atoms with E-state index >= 15 is 0 Å². The van der Waals surface area contributed by atoms with Crippen molar-refractivity contribution in [1.29, 1.82) is 0 Å². The van der Waals surface area contributed by atoms with Crippen LogP contribution in [0.4, 0.5) is 0 Å². The molecule has 90 valence electrons. The molecule has 3 nitrogen and oxygen atoms in total. The van der Waals surface area contributed by atoms with Crippen molar-refractivity contribution in [2.24, 2.45) is 0 Å².